The van der Waals surface area contributed by atoms with Gasteiger partial charge in [-0.15, -0.1) is 0 Å². The zero-order chi connectivity index (χ0) is 13.1. The zero-order valence-electron chi connectivity index (χ0n) is 10.4. The Morgan fingerprint density at radius 2 is 2.39 bits per heavy atom. The van der Waals surface area contributed by atoms with E-state index in [1.807, 2.05) is 0 Å². The molecule has 1 aromatic rings. The third kappa shape index (κ3) is 2.68. The largest absolute Gasteiger partial charge is 0.384 e. The van der Waals surface area contributed by atoms with Crippen LogP contribution in [0.1, 0.15) is 18.1 Å². The molecule has 5 heteroatoms. The predicted molar refractivity (Wildman–Crippen MR) is 68.1 cm³/mol. The van der Waals surface area contributed by atoms with E-state index in [1.54, 1.807) is 12.1 Å². The van der Waals surface area contributed by atoms with Crippen LogP contribution in [0.5, 0.6) is 0 Å². The highest BCUT2D eigenvalue weighted by Gasteiger charge is 2.20. The quantitative estimate of drug-likeness (QED) is 0.629. The average Bonchev–Trinajstić information content (AvgIpc) is 2.34. The van der Waals surface area contributed by atoms with Crippen LogP contribution in [0.25, 0.3) is 0 Å². The van der Waals surface area contributed by atoms with Gasteiger partial charge in [0.05, 0.1) is 18.8 Å². The summed E-state index contributed by atoms with van der Waals surface area (Å²) in [6.45, 7) is 4.74. The fourth-order valence-corrected chi connectivity index (χ4v) is 2.13. The van der Waals surface area contributed by atoms with E-state index in [1.165, 1.54) is 6.07 Å². The van der Waals surface area contributed by atoms with Gasteiger partial charge in [0.15, 0.2) is 0 Å². The van der Waals surface area contributed by atoms with Crippen LogP contribution < -0.4 is 5.73 Å². The first kappa shape index (κ1) is 13.0. The van der Waals surface area contributed by atoms with E-state index in [0.29, 0.717) is 25.3 Å². The molecule has 0 saturated carbocycles. The smallest absolute Gasteiger partial charge is 0.138 e. The van der Waals surface area contributed by atoms with Gasteiger partial charge >= 0.3 is 0 Å². The monoisotopic (exact) mass is 251 g/mol. The van der Waals surface area contributed by atoms with Crippen molar-refractivity contribution < 1.29 is 9.13 Å². The summed E-state index contributed by atoms with van der Waals surface area (Å²) < 4.78 is 19.5. The van der Waals surface area contributed by atoms with Crippen molar-refractivity contribution in [2.45, 2.75) is 19.5 Å². The van der Waals surface area contributed by atoms with Gasteiger partial charge in [-0.2, -0.15) is 0 Å². The van der Waals surface area contributed by atoms with E-state index in [-0.39, 0.29) is 23.3 Å². The lowest BCUT2D eigenvalue weighted by Gasteiger charge is -2.33. The summed E-state index contributed by atoms with van der Waals surface area (Å²) in [7, 11) is 0. The minimum Gasteiger partial charge on any atom is -0.384 e. The molecule has 4 nitrogen and oxygen atoms in total. The van der Waals surface area contributed by atoms with Crippen LogP contribution in [-0.4, -0.2) is 36.5 Å². The second-order valence-electron chi connectivity index (χ2n) is 4.59. The van der Waals surface area contributed by atoms with Crippen LogP contribution in [0.3, 0.4) is 0 Å². The van der Waals surface area contributed by atoms with Crippen molar-refractivity contribution in [2.75, 3.05) is 19.8 Å². The number of nitrogens with zero attached hydrogens (tertiary/aromatic N) is 1. The highest BCUT2D eigenvalue weighted by atomic mass is 19.1. The maximum atomic E-state index is 14.1. The lowest BCUT2D eigenvalue weighted by Crippen LogP contribution is -2.43. The molecule has 98 valence electrons. The molecule has 1 atom stereocenters. The number of morpholine rings is 1. The third-order valence-electron chi connectivity index (χ3n) is 3.25. The van der Waals surface area contributed by atoms with Gasteiger partial charge in [-0.3, -0.25) is 10.3 Å². The Bertz CT molecular complexity index is 450. The Balaban J connectivity index is 2.18. The number of nitrogens with two attached hydrogens (primary N) is 1. The highest BCUT2D eigenvalue weighted by molar-refractivity contribution is 5.95. The van der Waals surface area contributed by atoms with Crippen LogP contribution in [0, 0.1) is 11.2 Å². The Kier molecular flexibility index (Phi) is 3.93. The Hall–Kier alpha value is -1.46. The second kappa shape index (κ2) is 5.46. The molecule has 1 aliphatic heterocycles. The first-order chi connectivity index (χ1) is 8.59. The van der Waals surface area contributed by atoms with Crippen molar-refractivity contribution in [3.05, 3.63) is 35.1 Å². The first-order valence-corrected chi connectivity index (χ1v) is 6.03. The second-order valence-corrected chi connectivity index (χ2v) is 4.59. The Morgan fingerprint density at radius 3 is 3.06 bits per heavy atom. The van der Waals surface area contributed by atoms with Gasteiger partial charge in [-0.1, -0.05) is 12.1 Å². The molecule has 2 rings (SSSR count). The number of nitrogens with one attached hydrogen (secondary N) is 1. The van der Waals surface area contributed by atoms with E-state index in [2.05, 4.69) is 11.8 Å². The van der Waals surface area contributed by atoms with Crippen LogP contribution in [0.4, 0.5) is 4.39 Å². The SMILES string of the molecule is CC1COCCN1Cc1cccc(C(=N)N)c1F. The molecule has 1 aliphatic rings. The Labute approximate surface area is 106 Å². The summed E-state index contributed by atoms with van der Waals surface area (Å²) in [6, 6.07) is 5.29. The predicted octanol–water partition coefficient (Wildman–Crippen LogP) is 1.33. The molecule has 0 bridgehead atoms. The van der Waals surface area contributed by atoms with Crippen molar-refractivity contribution >= 4 is 5.84 Å². The summed E-state index contributed by atoms with van der Waals surface area (Å²) in [5, 5.41) is 7.34. The Morgan fingerprint density at radius 1 is 1.61 bits per heavy atom. The fourth-order valence-electron chi connectivity index (χ4n) is 2.13. The van der Waals surface area contributed by atoms with Crippen LogP contribution in [-0.2, 0) is 11.3 Å². The lowest BCUT2D eigenvalue weighted by atomic mass is 10.1. The number of hydrogen-bond donors (Lipinski definition) is 2. The maximum absolute atomic E-state index is 14.1. The molecule has 3 N–H and O–H groups in total. The molecular weight excluding hydrogens is 233 g/mol. The molecule has 1 saturated heterocycles. The molecule has 1 unspecified atom stereocenters. The van der Waals surface area contributed by atoms with E-state index in [4.69, 9.17) is 15.9 Å². The van der Waals surface area contributed by atoms with E-state index >= 15 is 0 Å². The normalized spacial score (nSPS) is 20.9. The van der Waals surface area contributed by atoms with Crippen molar-refractivity contribution in [1.82, 2.24) is 4.90 Å². The number of nitrogen functional groups attached to an aromatic ring is 1. The van der Waals surface area contributed by atoms with Crippen molar-refractivity contribution in [2.24, 2.45) is 5.73 Å². The number of rotatable bonds is 3. The number of halogens is 1. The van der Waals surface area contributed by atoms with E-state index < -0.39 is 0 Å². The van der Waals surface area contributed by atoms with Gasteiger partial charge in [0, 0.05) is 24.7 Å². The first-order valence-electron chi connectivity index (χ1n) is 6.03. The molecule has 18 heavy (non-hydrogen) atoms. The van der Waals surface area contributed by atoms with Crippen LogP contribution in [0.2, 0.25) is 0 Å². The molecule has 0 spiro atoms. The van der Waals surface area contributed by atoms with E-state index in [0.717, 1.165) is 6.54 Å². The summed E-state index contributed by atoms with van der Waals surface area (Å²) in [6.07, 6.45) is 0. The summed E-state index contributed by atoms with van der Waals surface area (Å²) in [5.74, 6) is -0.618. The molecule has 1 fully saturated rings. The van der Waals surface area contributed by atoms with Gasteiger partial charge < -0.3 is 10.5 Å². The van der Waals surface area contributed by atoms with Crippen molar-refractivity contribution in [3.8, 4) is 0 Å². The average molecular weight is 251 g/mol. The van der Waals surface area contributed by atoms with Gasteiger partial charge in [-0.05, 0) is 13.0 Å². The minimum atomic E-state index is -0.385. The van der Waals surface area contributed by atoms with E-state index in [9.17, 15) is 4.39 Å². The van der Waals surface area contributed by atoms with Gasteiger partial charge in [0.2, 0.25) is 0 Å². The molecule has 1 heterocycles. The highest BCUT2D eigenvalue weighted by Crippen LogP contribution is 2.17. The third-order valence-corrected chi connectivity index (χ3v) is 3.25. The van der Waals surface area contributed by atoms with Gasteiger partial charge in [0.1, 0.15) is 11.7 Å². The fraction of sp³-hybridized carbons (Fsp3) is 0.462. The zero-order valence-corrected chi connectivity index (χ0v) is 10.4. The topological polar surface area (TPSA) is 62.3 Å². The van der Waals surface area contributed by atoms with Crippen molar-refractivity contribution in [3.63, 3.8) is 0 Å². The molecule has 0 aromatic heterocycles. The standard InChI is InChI=1S/C13H18FN3O/c1-9-8-18-6-5-17(9)7-10-3-2-4-11(12(10)14)13(15)16/h2-4,9H,5-8H2,1H3,(H3,15,16). The van der Waals surface area contributed by atoms with Crippen molar-refractivity contribution in [1.29, 1.82) is 5.41 Å². The minimum absolute atomic E-state index is 0.174. The molecule has 0 radical (unpaired) electrons. The summed E-state index contributed by atoms with van der Waals surface area (Å²) >= 11 is 0. The molecular formula is C13H18FN3O. The van der Waals surface area contributed by atoms with Crippen LogP contribution >= 0.6 is 0 Å². The number of hydrogen-bond acceptors (Lipinski definition) is 3. The molecule has 0 amide bonds. The number of amidine groups is 1. The molecule has 1 aromatic carbocycles. The van der Waals surface area contributed by atoms with Gasteiger partial charge in [-0.25, -0.2) is 4.39 Å². The number of benzene rings is 1. The maximum Gasteiger partial charge on any atom is 0.138 e. The summed E-state index contributed by atoms with van der Waals surface area (Å²) in [4.78, 5) is 2.17. The number of ether oxygens (including phenoxy) is 1. The molecule has 0 aliphatic carbocycles. The van der Waals surface area contributed by atoms with Crippen LogP contribution in [0.15, 0.2) is 18.2 Å². The summed E-state index contributed by atoms with van der Waals surface area (Å²) in [5.41, 5.74) is 6.11. The van der Waals surface area contributed by atoms with Gasteiger partial charge in [0.25, 0.3) is 0 Å². The lowest BCUT2D eigenvalue weighted by molar-refractivity contribution is -0.00480.